The summed E-state index contributed by atoms with van der Waals surface area (Å²) in [5.41, 5.74) is 1.49. The Labute approximate surface area is 127 Å². The Bertz CT molecular complexity index is 461. The Morgan fingerprint density at radius 3 is 3.05 bits per heavy atom. The van der Waals surface area contributed by atoms with Gasteiger partial charge >= 0.3 is 0 Å². The average molecular weight is 289 g/mol. The van der Waals surface area contributed by atoms with Crippen LogP contribution >= 0.6 is 0 Å². The van der Waals surface area contributed by atoms with E-state index in [0.717, 1.165) is 37.0 Å². The van der Waals surface area contributed by atoms with Crippen LogP contribution in [0.3, 0.4) is 0 Å². The Hall–Kier alpha value is -1.58. The Balaban J connectivity index is 1.81. The molecule has 0 bridgehead atoms. The molecule has 0 radical (unpaired) electrons. The van der Waals surface area contributed by atoms with Crippen LogP contribution in [-0.2, 0) is 0 Å². The van der Waals surface area contributed by atoms with Crippen LogP contribution < -0.4 is 10.6 Å². The molecular weight excluding hydrogens is 262 g/mol. The Morgan fingerprint density at radius 1 is 1.43 bits per heavy atom. The highest BCUT2D eigenvalue weighted by molar-refractivity contribution is 5.99. The lowest BCUT2D eigenvalue weighted by atomic mass is 9.81. The second-order valence-electron chi connectivity index (χ2n) is 6.13. The topological polar surface area (TPSA) is 54.0 Å². The number of pyridine rings is 1. The van der Waals surface area contributed by atoms with Crippen LogP contribution in [0, 0.1) is 11.8 Å². The first-order valence-corrected chi connectivity index (χ1v) is 8.16. The average Bonchev–Trinajstić information content (AvgIpc) is 2.48. The van der Waals surface area contributed by atoms with Crippen LogP contribution in [0.1, 0.15) is 56.3 Å². The Morgan fingerprint density at radius 2 is 2.29 bits per heavy atom. The predicted molar refractivity (Wildman–Crippen MR) is 86.5 cm³/mol. The number of aromatic nitrogens is 1. The first-order chi connectivity index (χ1) is 10.2. The molecule has 2 unspecified atom stereocenters. The maximum Gasteiger partial charge on any atom is 0.253 e. The minimum atomic E-state index is -0.00259. The zero-order valence-corrected chi connectivity index (χ0v) is 13.2. The summed E-state index contributed by atoms with van der Waals surface area (Å²) >= 11 is 0. The van der Waals surface area contributed by atoms with E-state index in [-0.39, 0.29) is 5.91 Å². The predicted octanol–water partition coefficient (Wildman–Crippen LogP) is 3.46. The van der Waals surface area contributed by atoms with Crippen LogP contribution in [-0.4, -0.2) is 24.0 Å². The quantitative estimate of drug-likeness (QED) is 0.843. The number of hydrogen-bond acceptors (Lipinski definition) is 3. The molecule has 1 aliphatic carbocycles. The third kappa shape index (κ3) is 4.73. The fourth-order valence-electron chi connectivity index (χ4n) is 3.23. The summed E-state index contributed by atoms with van der Waals surface area (Å²) in [7, 11) is 0. The summed E-state index contributed by atoms with van der Waals surface area (Å²) in [5.74, 6) is 1.62. The van der Waals surface area contributed by atoms with E-state index < -0.39 is 0 Å². The first kappa shape index (κ1) is 15.8. The number of rotatable bonds is 6. The lowest BCUT2D eigenvalue weighted by Gasteiger charge is -2.26. The molecule has 1 fully saturated rings. The van der Waals surface area contributed by atoms with E-state index in [9.17, 15) is 4.79 Å². The van der Waals surface area contributed by atoms with Crippen LogP contribution in [0.25, 0.3) is 0 Å². The maximum atomic E-state index is 12.3. The minimum Gasteiger partial charge on any atom is -0.383 e. The summed E-state index contributed by atoms with van der Waals surface area (Å²) < 4.78 is 0. The molecule has 0 saturated heterocycles. The van der Waals surface area contributed by atoms with Crippen LogP contribution in [0.15, 0.2) is 18.5 Å². The molecule has 1 heterocycles. The molecule has 1 amide bonds. The summed E-state index contributed by atoms with van der Waals surface area (Å²) in [6, 6.07) is 1.77. The fourth-order valence-corrected chi connectivity index (χ4v) is 3.23. The van der Waals surface area contributed by atoms with Gasteiger partial charge in [-0.1, -0.05) is 26.2 Å². The van der Waals surface area contributed by atoms with E-state index >= 15 is 0 Å². The molecule has 1 aromatic heterocycles. The van der Waals surface area contributed by atoms with Crippen LogP contribution in [0.2, 0.25) is 0 Å². The van der Waals surface area contributed by atoms with Crippen molar-refractivity contribution in [3.63, 3.8) is 0 Å². The van der Waals surface area contributed by atoms with Crippen LogP contribution in [0.5, 0.6) is 0 Å². The second-order valence-corrected chi connectivity index (χ2v) is 6.13. The SMILES string of the molecule is CCNc1cnccc1C(=O)NCCC1CCCC(C)C1. The van der Waals surface area contributed by atoms with Gasteiger partial charge in [-0.15, -0.1) is 0 Å². The number of carbonyl (C=O) groups excluding carboxylic acids is 1. The molecule has 0 spiro atoms. The third-order valence-corrected chi connectivity index (χ3v) is 4.32. The van der Waals surface area contributed by atoms with Gasteiger partial charge in [0.2, 0.25) is 0 Å². The van der Waals surface area contributed by atoms with E-state index in [0.29, 0.717) is 5.56 Å². The lowest BCUT2D eigenvalue weighted by Crippen LogP contribution is -2.27. The molecule has 1 aliphatic rings. The number of nitrogens with one attached hydrogen (secondary N) is 2. The summed E-state index contributed by atoms with van der Waals surface area (Å²) in [6.45, 7) is 5.90. The largest absolute Gasteiger partial charge is 0.383 e. The summed E-state index contributed by atoms with van der Waals surface area (Å²) in [4.78, 5) is 16.3. The number of amides is 1. The highest BCUT2D eigenvalue weighted by Gasteiger charge is 2.19. The molecule has 0 aliphatic heterocycles. The van der Waals surface area contributed by atoms with E-state index in [1.165, 1.54) is 25.7 Å². The zero-order chi connectivity index (χ0) is 15.1. The van der Waals surface area contributed by atoms with Gasteiger partial charge in [0.05, 0.1) is 17.4 Å². The van der Waals surface area contributed by atoms with Gasteiger partial charge in [0.25, 0.3) is 5.91 Å². The van der Waals surface area contributed by atoms with Gasteiger partial charge in [-0.3, -0.25) is 9.78 Å². The molecule has 1 saturated carbocycles. The van der Waals surface area contributed by atoms with Crippen molar-refractivity contribution in [1.29, 1.82) is 0 Å². The van der Waals surface area contributed by atoms with Crippen molar-refractivity contribution in [3.8, 4) is 0 Å². The summed E-state index contributed by atoms with van der Waals surface area (Å²) in [5, 5.41) is 6.23. The third-order valence-electron chi connectivity index (χ3n) is 4.32. The van der Waals surface area contributed by atoms with Crippen molar-refractivity contribution in [1.82, 2.24) is 10.3 Å². The highest BCUT2D eigenvalue weighted by Crippen LogP contribution is 2.30. The Kier molecular flexibility index (Phi) is 6.03. The number of anilines is 1. The van der Waals surface area contributed by atoms with Gasteiger partial charge < -0.3 is 10.6 Å². The molecule has 4 heteroatoms. The van der Waals surface area contributed by atoms with Crippen molar-refractivity contribution in [2.75, 3.05) is 18.4 Å². The van der Waals surface area contributed by atoms with Gasteiger partial charge in [0, 0.05) is 19.3 Å². The van der Waals surface area contributed by atoms with Crippen molar-refractivity contribution < 1.29 is 4.79 Å². The van der Waals surface area contributed by atoms with Crippen molar-refractivity contribution in [3.05, 3.63) is 24.0 Å². The number of hydrogen-bond donors (Lipinski definition) is 2. The summed E-state index contributed by atoms with van der Waals surface area (Å²) in [6.07, 6.45) is 9.81. The second kappa shape index (κ2) is 8.01. The van der Waals surface area contributed by atoms with Crippen molar-refractivity contribution in [2.45, 2.75) is 46.0 Å². The van der Waals surface area contributed by atoms with Gasteiger partial charge in [-0.05, 0) is 37.7 Å². The maximum absolute atomic E-state index is 12.3. The molecule has 2 rings (SSSR count). The van der Waals surface area contributed by atoms with Crippen molar-refractivity contribution >= 4 is 11.6 Å². The standard InChI is InChI=1S/C17H27N3O/c1-3-19-16-12-18-9-8-15(16)17(21)20-10-7-14-6-4-5-13(2)11-14/h8-9,12-14,19H,3-7,10-11H2,1-2H3,(H,20,21). The minimum absolute atomic E-state index is 0.00259. The molecular formula is C17H27N3O. The van der Waals surface area contributed by atoms with E-state index in [4.69, 9.17) is 0 Å². The van der Waals surface area contributed by atoms with E-state index in [2.05, 4.69) is 22.5 Å². The van der Waals surface area contributed by atoms with Gasteiger partial charge in [-0.2, -0.15) is 0 Å². The zero-order valence-electron chi connectivity index (χ0n) is 13.2. The van der Waals surface area contributed by atoms with E-state index in [1.54, 1.807) is 18.5 Å². The highest BCUT2D eigenvalue weighted by atomic mass is 16.1. The molecule has 21 heavy (non-hydrogen) atoms. The smallest absolute Gasteiger partial charge is 0.253 e. The van der Waals surface area contributed by atoms with Gasteiger partial charge in [-0.25, -0.2) is 0 Å². The van der Waals surface area contributed by atoms with Gasteiger partial charge in [0.1, 0.15) is 0 Å². The normalized spacial score (nSPS) is 21.8. The molecule has 1 aromatic rings. The molecule has 4 nitrogen and oxygen atoms in total. The lowest BCUT2D eigenvalue weighted by molar-refractivity contribution is 0.0950. The van der Waals surface area contributed by atoms with Crippen LogP contribution in [0.4, 0.5) is 5.69 Å². The first-order valence-electron chi connectivity index (χ1n) is 8.16. The fraction of sp³-hybridized carbons (Fsp3) is 0.647. The molecule has 0 aromatic carbocycles. The molecule has 2 N–H and O–H groups in total. The van der Waals surface area contributed by atoms with Gasteiger partial charge in [0.15, 0.2) is 0 Å². The van der Waals surface area contributed by atoms with Crippen molar-refractivity contribution in [2.24, 2.45) is 11.8 Å². The molecule has 2 atom stereocenters. The van der Waals surface area contributed by atoms with E-state index in [1.807, 2.05) is 6.92 Å². The molecule has 116 valence electrons. The number of nitrogens with zero attached hydrogens (tertiary/aromatic N) is 1. The number of carbonyl (C=O) groups is 1. The monoisotopic (exact) mass is 289 g/mol.